The van der Waals surface area contributed by atoms with Crippen molar-refractivity contribution in [3.8, 4) is 0 Å². The maximum absolute atomic E-state index is 12.4. The lowest BCUT2D eigenvalue weighted by Gasteiger charge is -2.27. The fraction of sp³-hybridized carbons (Fsp3) is 0.476. The van der Waals surface area contributed by atoms with Crippen LogP contribution in [0.15, 0.2) is 41.6 Å². The monoisotopic (exact) mass is 449 g/mol. The second kappa shape index (κ2) is 11.5. The molecule has 2 heterocycles. The van der Waals surface area contributed by atoms with Crippen molar-refractivity contribution in [2.45, 2.75) is 11.7 Å². The van der Waals surface area contributed by atoms with Crippen LogP contribution in [0.3, 0.4) is 0 Å². The highest BCUT2D eigenvalue weighted by Gasteiger charge is 2.18. The molecule has 9 heteroatoms. The van der Waals surface area contributed by atoms with Crippen molar-refractivity contribution < 1.29 is 9.53 Å². The Bertz CT molecular complexity index is 818. The summed E-state index contributed by atoms with van der Waals surface area (Å²) in [4.78, 5) is 27.6. The van der Waals surface area contributed by atoms with E-state index >= 15 is 0 Å². The van der Waals surface area contributed by atoms with Gasteiger partial charge in [0.05, 0.1) is 19.0 Å². The van der Waals surface area contributed by atoms with E-state index in [0.717, 1.165) is 25.5 Å². The smallest absolute Gasteiger partial charge is 0.233 e. The van der Waals surface area contributed by atoms with Crippen LogP contribution in [-0.2, 0) is 16.1 Å². The van der Waals surface area contributed by atoms with E-state index in [0.29, 0.717) is 36.6 Å². The second-order valence-corrected chi connectivity index (χ2v) is 8.65. The number of thioether (sulfide) groups is 1. The highest BCUT2D eigenvalue weighted by molar-refractivity contribution is 7.99. The lowest BCUT2D eigenvalue weighted by atomic mass is 10.2. The van der Waals surface area contributed by atoms with Crippen LogP contribution in [0.25, 0.3) is 0 Å². The van der Waals surface area contributed by atoms with Gasteiger partial charge in [-0.2, -0.15) is 0 Å². The Kier molecular flexibility index (Phi) is 8.74. The van der Waals surface area contributed by atoms with Crippen LogP contribution < -0.4 is 4.90 Å². The number of anilines is 1. The molecule has 1 aliphatic heterocycles. The molecule has 1 aliphatic rings. The molecule has 0 spiro atoms. The van der Waals surface area contributed by atoms with E-state index in [2.05, 4.69) is 26.9 Å². The van der Waals surface area contributed by atoms with Crippen LogP contribution in [-0.4, -0.2) is 84.9 Å². The second-order valence-electron chi connectivity index (χ2n) is 7.32. The molecular weight excluding hydrogens is 422 g/mol. The van der Waals surface area contributed by atoms with E-state index in [1.54, 1.807) is 6.07 Å². The van der Waals surface area contributed by atoms with Crippen molar-refractivity contribution in [2.75, 3.05) is 64.1 Å². The first-order valence-corrected chi connectivity index (χ1v) is 11.3. The van der Waals surface area contributed by atoms with E-state index < -0.39 is 0 Å². The zero-order chi connectivity index (χ0) is 21.3. The van der Waals surface area contributed by atoms with Gasteiger partial charge in [0.15, 0.2) is 5.16 Å². The molecule has 0 radical (unpaired) electrons. The van der Waals surface area contributed by atoms with E-state index in [1.807, 2.05) is 37.2 Å². The summed E-state index contributed by atoms with van der Waals surface area (Å²) in [6.07, 6.45) is 0. The molecule has 1 fully saturated rings. The molecule has 0 aliphatic carbocycles. The number of morpholine rings is 1. The van der Waals surface area contributed by atoms with Crippen molar-refractivity contribution in [3.63, 3.8) is 0 Å². The largest absolute Gasteiger partial charge is 0.378 e. The SMILES string of the molecule is CN(C)CCN(Cc1ccccc1)c1cc(Cl)nc(SCC(=O)N2CCOCC2)n1. The average Bonchev–Trinajstić information content (AvgIpc) is 2.75. The van der Waals surface area contributed by atoms with Gasteiger partial charge >= 0.3 is 0 Å². The molecule has 7 nitrogen and oxygen atoms in total. The lowest BCUT2D eigenvalue weighted by Crippen LogP contribution is -2.41. The van der Waals surface area contributed by atoms with Gasteiger partial charge in [-0.25, -0.2) is 9.97 Å². The normalized spacial score (nSPS) is 14.2. The molecule has 1 aromatic heterocycles. The first-order chi connectivity index (χ1) is 14.5. The van der Waals surface area contributed by atoms with Crippen LogP contribution in [0.1, 0.15) is 5.56 Å². The van der Waals surface area contributed by atoms with Crippen molar-refractivity contribution in [1.29, 1.82) is 0 Å². The number of hydrogen-bond acceptors (Lipinski definition) is 7. The number of hydrogen-bond donors (Lipinski definition) is 0. The van der Waals surface area contributed by atoms with Gasteiger partial charge in [-0.05, 0) is 19.7 Å². The molecule has 0 saturated carbocycles. The fourth-order valence-electron chi connectivity index (χ4n) is 3.04. The predicted molar refractivity (Wildman–Crippen MR) is 121 cm³/mol. The summed E-state index contributed by atoms with van der Waals surface area (Å²) < 4.78 is 5.31. The van der Waals surface area contributed by atoms with E-state index in [4.69, 9.17) is 21.3 Å². The molecule has 0 N–H and O–H groups in total. The zero-order valence-corrected chi connectivity index (χ0v) is 19.0. The Morgan fingerprint density at radius 3 is 2.60 bits per heavy atom. The van der Waals surface area contributed by atoms with Crippen LogP contribution in [0, 0.1) is 0 Å². The summed E-state index contributed by atoms with van der Waals surface area (Å²) in [5.41, 5.74) is 1.20. The quantitative estimate of drug-likeness (QED) is 0.331. The number of halogens is 1. The molecule has 0 bridgehead atoms. The summed E-state index contributed by atoms with van der Waals surface area (Å²) in [5, 5.41) is 0.895. The number of ether oxygens (including phenoxy) is 1. The zero-order valence-electron chi connectivity index (χ0n) is 17.5. The number of benzene rings is 1. The minimum absolute atomic E-state index is 0.0715. The molecule has 1 amide bonds. The van der Waals surface area contributed by atoms with Gasteiger partial charge in [0, 0.05) is 38.8 Å². The summed E-state index contributed by atoms with van der Waals surface area (Å²) in [7, 11) is 4.10. The summed E-state index contributed by atoms with van der Waals surface area (Å²) in [6, 6.07) is 12.1. The Morgan fingerprint density at radius 1 is 1.17 bits per heavy atom. The molecule has 3 rings (SSSR count). The number of carbonyl (C=O) groups excluding carboxylic acids is 1. The van der Waals surface area contributed by atoms with Crippen LogP contribution in [0.5, 0.6) is 0 Å². The molecule has 1 saturated heterocycles. The maximum Gasteiger partial charge on any atom is 0.233 e. The summed E-state index contributed by atoms with van der Waals surface area (Å²) in [6.45, 7) is 4.85. The Morgan fingerprint density at radius 2 is 1.90 bits per heavy atom. The van der Waals surface area contributed by atoms with Crippen molar-refractivity contribution in [3.05, 3.63) is 47.1 Å². The first kappa shape index (κ1) is 22.8. The Balaban J connectivity index is 1.71. The van der Waals surface area contributed by atoms with Crippen molar-refractivity contribution >= 4 is 35.1 Å². The van der Waals surface area contributed by atoms with Crippen LogP contribution in [0.2, 0.25) is 5.15 Å². The predicted octanol–water partition coefficient (Wildman–Crippen LogP) is 2.65. The van der Waals surface area contributed by atoms with Crippen LogP contribution >= 0.6 is 23.4 Å². The maximum atomic E-state index is 12.4. The number of aromatic nitrogens is 2. The number of carbonyl (C=O) groups is 1. The average molecular weight is 450 g/mol. The lowest BCUT2D eigenvalue weighted by molar-refractivity contribution is -0.132. The number of rotatable bonds is 9. The molecule has 162 valence electrons. The van der Waals surface area contributed by atoms with Gasteiger partial charge < -0.3 is 19.4 Å². The van der Waals surface area contributed by atoms with E-state index in [-0.39, 0.29) is 11.7 Å². The highest BCUT2D eigenvalue weighted by atomic mass is 35.5. The first-order valence-electron chi connectivity index (χ1n) is 9.98. The molecule has 1 aromatic carbocycles. The van der Waals surface area contributed by atoms with Gasteiger partial charge in [0.25, 0.3) is 0 Å². The molecular formula is C21H28ClN5O2S. The molecule has 0 unspecified atom stereocenters. The number of amides is 1. The molecule has 2 aromatic rings. The third-order valence-electron chi connectivity index (χ3n) is 4.71. The molecule has 30 heavy (non-hydrogen) atoms. The topological polar surface area (TPSA) is 61.8 Å². The Hall–Kier alpha value is -1.87. The van der Waals surface area contributed by atoms with Crippen molar-refractivity contribution in [1.82, 2.24) is 19.8 Å². The molecule has 0 atom stereocenters. The van der Waals surface area contributed by atoms with Gasteiger partial charge in [-0.3, -0.25) is 4.79 Å². The minimum atomic E-state index is 0.0715. The standard InChI is InChI=1S/C21H28ClN5O2S/c1-25(2)8-9-27(15-17-6-4-3-5-7-17)19-14-18(22)23-21(24-19)30-16-20(28)26-10-12-29-13-11-26/h3-7,14H,8-13,15-16H2,1-2H3. The minimum Gasteiger partial charge on any atom is -0.378 e. The van der Waals surface area contributed by atoms with Gasteiger partial charge in [0.2, 0.25) is 5.91 Å². The van der Waals surface area contributed by atoms with Crippen molar-refractivity contribution in [2.24, 2.45) is 0 Å². The van der Waals surface area contributed by atoms with E-state index in [9.17, 15) is 4.79 Å². The third kappa shape index (κ3) is 7.12. The number of likely N-dealkylation sites (N-methyl/N-ethyl adjacent to an activating group) is 1. The number of nitrogens with zero attached hydrogens (tertiary/aromatic N) is 5. The fourth-order valence-corrected chi connectivity index (χ4v) is 4.03. The summed E-state index contributed by atoms with van der Waals surface area (Å²) >= 11 is 7.63. The third-order valence-corrected chi connectivity index (χ3v) is 5.73. The van der Waals surface area contributed by atoms with Gasteiger partial charge in [0.1, 0.15) is 11.0 Å². The highest BCUT2D eigenvalue weighted by Crippen LogP contribution is 2.23. The van der Waals surface area contributed by atoms with Gasteiger partial charge in [-0.1, -0.05) is 53.7 Å². The Labute approximate surface area is 187 Å². The van der Waals surface area contributed by atoms with Crippen LogP contribution in [0.4, 0.5) is 5.82 Å². The summed E-state index contributed by atoms with van der Waals surface area (Å²) in [5.74, 6) is 1.13. The van der Waals surface area contributed by atoms with E-state index in [1.165, 1.54) is 17.3 Å². The van der Waals surface area contributed by atoms with Gasteiger partial charge in [-0.15, -0.1) is 0 Å².